The van der Waals surface area contributed by atoms with Gasteiger partial charge in [0.2, 0.25) is 0 Å². The Bertz CT molecular complexity index is 460. The molecule has 0 bridgehead atoms. The molecular formula is C11H16N4S. The lowest BCUT2D eigenvalue weighted by Gasteiger charge is -2.14. The summed E-state index contributed by atoms with van der Waals surface area (Å²) in [6.45, 7) is 2.98. The number of aryl methyl sites for hydroxylation is 2. The third kappa shape index (κ3) is 2.61. The molecule has 2 aromatic heterocycles. The Hall–Kier alpha value is -1.36. The molecule has 0 saturated carbocycles. The summed E-state index contributed by atoms with van der Waals surface area (Å²) in [7, 11) is 3.99. The highest BCUT2D eigenvalue weighted by Gasteiger charge is 2.05. The van der Waals surface area contributed by atoms with E-state index in [4.69, 9.17) is 0 Å². The quantitative estimate of drug-likeness (QED) is 0.812. The number of aromatic nitrogens is 3. The Morgan fingerprint density at radius 3 is 2.88 bits per heavy atom. The molecule has 0 unspecified atom stereocenters. The van der Waals surface area contributed by atoms with Crippen LogP contribution in [-0.4, -0.2) is 28.4 Å². The summed E-state index contributed by atoms with van der Waals surface area (Å²) in [5, 5.41) is 7.61. The summed E-state index contributed by atoms with van der Waals surface area (Å²) in [6, 6.07) is 2.02. The molecule has 0 saturated heterocycles. The summed E-state index contributed by atoms with van der Waals surface area (Å²) in [4.78, 5) is 6.60. The van der Waals surface area contributed by atoms with Crippen molar-refractivity contribution in [3.05, 3.63) is 28.3 Å². The van der Waals surface area contributed by atoms with E-state index in [9.17, 15) is 0 Å². The molecule has 0 aromatic carbocycles. The summed E-state index contributed by atoms with van der Waals surface area (Å²) >= 11 is 1.71. The Morgan fingerprint density at radius 2 is 2.31 bits per heavy atom. The molecule has 86 valence electrons. The molecule has 0 aliphatic carbocycles. The summed E-state index contributed by atoms with van der Waals surface area (Å²) in [5.41, 5.74) is 1.17. The van der Waals surface area contributed by atoms with Gasteiger partial charge >= 0.3 is 0 Å². The van der Waals surface area contributed by atoms with Gasteiger partial charge in [-0.05, 0) is 6.92 Å². The second-order valence-corrected chi connectivity index (χ2v) is 4.94. The van der Waals surface area contributed by atoms with Crippen LogP contribution in [0.2, 0.25) is 0 Å². The van der Waals surface area contributed by atoms with Crippen LogP contribution in [0.4, 0.5) is 5.82 Å². The Labute approximate surface area is 99.5 Å². The monoisotopic (exact) mass is 236 g/mol. The van der Waals surface area contributed by atoms with Gasteiger partial charge in [-0.1, -0.05) is 0 Å². The standard InChI is InChI=1S/C11H16N4S/c1-9-12-10(8-16-9)4-6-14(2)11-5-7-15(3)13-11/h5,7-8H,4,6H2,1-3H3. The van der Waals surface area contributed by atoms with E-state index < -0.39 is 0 Å². The van der Waals surface area contributed by atoms with E-state index >= 15 is 0 Å². The lowest BCUT2D eigenvalue weighted by Crippen LogP contribution is -2.21. The van der Waals surface area contributed by atoms with Crippen molar-refractivity contribution in [2.24, 2.45) is 7.05 Å². The third-order valence-electron chi connectivity index (χ3n) is 2.46. The summed E-state index contributed by atoms with van der Waals surface area (Å²) < 4.78 is 1.82. The van der Waals surface area contributed by atoms with E-state index in [1.165, 1.54) is 5.69 Å². The maximum absolute atomic E-state index is 4.45. The molecule has 0 spiro atoms. The normalized spacial score (nSPS) is 10.7. The van der Waals surface area contributed by atoms with E-state index in [0.717, 1.165) is 23.8 Å². The predicted molar refractivity (Wildman–Crippen MR) is 67.0 cm³/mol. The number of hydrogen-bond acceptors (Lipinski definition) is 4. The van der Waals surface area contributed by atoms with Crippen molar-refractivity contribution >= 4 is 17.2 Å². The zero-order valence-corrected chi connectivity index (χ0v) is 10.7. The lowest BCUT2D eigenvalue weighted by atomic mass is 10.3. The fraction of sp³-hybridized carbons (Fsp3) is 0.455. The van der Waals surface area contributed by atoms with Crippen LogP contribution < -0.4 is 4.90 Å². The van der Waals surface area contributed by atoms with Crippen molar-refractivity contribution in [3.8, 4) is 0 Å². The van der Waals surface area contributed by atoms with Gasteiger partial charge in [-0.2, -0.15) is 5.10 Å². The zero-order chi connectivity index (χ0) is 11.5. The lowest BCUT2D eigenvalue weighted by molar-refractivity contribution is 0.748. The SMILES string of the molecule is Cc1nc(CCN(C)c2ccn(C)n2)cs1. The van der Waals surface area contributed by atoms with Crippen LogP contribution >= 0.6 is 11.3 Å². The van der Waals surface area contributed by atoms with Gasteiger partial charge in [-0.25, -0.2) is 4.98 Å². The maximum Gasteiger partial charge on any atom is 0.150 e. The van der Waals surface area contributed by atoms with Crippen LogP contribution in [0.1, 0.15) is 10.7 Å². The second kappa shape index (κ2) is 4.65. The van der Waals surface area contributed by atoms with Crippen LogP contribution in [0.25, 0.3) is 0 Å². The van der Waals surface area contributed by atoms with Crippen LogP contribution in [0, 0.1) is 6.92 Å². The molecule has 0 radical (unpaired) electrons. The van der Waals surface area contributed by atoms with Crippen molar-refractivity contribution in [2.45, 2.75) is 13.3 Å². The average molecular weight is 236 g/mol. The van der Waals surface area contributed by atoms with Gasteiger partial charge in [-0.15, -0.1) is 11.3 Å². The highest BCUT2D eigenvalue weighted by molar-refractivity contribution is 7.09. The van der Waals surface area contributed by atoms with Gasteiger partial charge in [0.1, 0.15) is 5.82 Å². The minimum absolute atomic E-state index is 0.945. The minimum atomic E-state index is 0.945. The van der Waals surface area contributed by atoms with Crippen molar-refractivity contribution in [2.75, 3.05) is 18.5 Å². The Kier molecular flexibility index (Phi) is 3.24. The van der Waals surface area contributed by atoms with Gasteiger partial charge in [-0.3, -0.25) is 4.68 Å². The van der Waals surface area contributed by atoms with Crippen LogP contribution in [-0.2, 0) is 13.5 Å². The second-order valence-electron chi connectivity index (χ2n) is 3.88. The van der Waals surface area contributed by atoms with Crippen molar-refractivity contribution in [1.29, 1.82) is 0 Å². The number of thiazole rings is 1. The zero-order valence-electron chi connectivity index (χ0n) is 9.84. The molecule has 5 heteroatoms. The molecule has 2 rings (SSSR count). The highest BCUT2D eigenvalue weighted by atomic mass is 32.1. The average Bonchev–Trinajstić information content (AvgIpc) is 2.84. The third-order valence-corrected chi connectivity index (χ3v) is 3.28. The first-order valence-electron chi connectivity index (χ1n) is 5.27. The van der Waals surface area contributed by atoms with Crippen LogP contribution in [0.3, 0.4) is 0 Å². The fourth-order valence-electron chi connectivity index (χ4n) is 1.53. The number of nitrogens with zero attached hydrogens (tertiary/aromatic N) is 4. The smallest absolute Gasteiger partial charge is 0.150 e. The van der Waals surface area contributed by atoms with E-state index in [-0.39, 0.29) is 0 Å². The van der Waals surface area contributed by atoms with Crippen molar-refractivity contribution in [3.63, 3.8) is 0 Å². The molecule has 0 atom stereocenters. The molecule has 0 amide bonds. The molecule has 0 aliphatic rings. The van der Waals surface area contributed by atoms with Crippen molar-refractivity contribution in [1.82, 2.24) is 14.8 Å². The van der Waals surface area contributed by atoms with E-state index in [1.807, 2.05) is 30.9 Å². The molecule has 16 heavy (non-hydrogen) atoms. The summed E-state index contributed by atoms with van der Waals surface area (Å²) in [5.74, 6) is 1.01. The molecule has 0 fully saturated rings. The maximum atomic E-state index is 4.45. The van der Waals surface area contributed by atoms with Gasteiger partial charge in [0.25, 0.3) is 0 Å². The number of anilines is 1. The molecule has 2 heterocycles. The first-order chi connectivity index (χ1) is 7.65. The van der Waals surface area contributed by atoms with Gasteiger partial charge in [0, 0.05) is 44.7 Å². The largest absolute Gasteiger partial charge is 0.358 e. The minimum Gasteiger partial charge on any atom is -0.358 e. The first-order valence-corrected chi connectivity index (χ1v) is 6.15. The summed E-state index contributed by atoms with van der Waals surface area (Å²) in [6.07, 6.45) is 2.93. The molecule has 2 aromatic rings. The van der Waals surface area contributed by atoms with Gasteiger partial charge < -0.3 is 4.90 Å². The highest BCUT2D eigenvalue weighted by Crippen LogP contribution is 2.11. The Morgan fingerprint density at radius 1 is 1.50 bits per heavy atom. The van der Waals surface area contributed by atoms with E-state index in [1.54, 1.807) is 11.3 Å². The van der Waals surface area contributed by atoms with E-state index in [0.29, 0.717) is 0 Å². The van der Waals surface area contributed by atoms with Gasteiger partial charge in [0.15, 0.2) is 0 Å². The molecule has 4 nitrogen and oxygen atoms in total. The topological polar surface area (TPSA) is 34.0 Å². The molecule has 0 N–H and O–H groups in total. The van der Waals surface area contributed by atoms with Gasteiger partial charge in [0.05, 0.1) is 10.7 Å². The van der Waals surface area contributed by atoms with Crippen LogP contribution in [0.15, 0.2) is 17.6 Å². The predicted octanol–water partition coefficient (Wildman–Crippen LogP) is 1.86. The Balaban J connectivity index is 1.91. The fourth-order valence-corrected chi connectivity index (χ4v) is 2.17. The first kappa shape index (κ1) is 11.1. The van der Waals surface area contributed by atoms with Crippen molar-refractivity contribution < 1.29 is 0 Å². The number of hydrogen-bond donors (Lipinski definition) is 0. The van der Waals surface area contributed by atoms with E-state index in [2.05, 4.69) is 27.4 Å². The number of likely N-dealkylation sites (N-methyl/N-ethyl adjacent to an activating group) is 1. The molecular weight excluding hydrogens is 220 g/mol. The molecule has 0 aliphatic heterocycles. The van der Waals surface area contributed by atoms with Crippen LogP contribution in [0.5, 0.6) is 0 Å². The number of rotatable bonds is 4.